The van der Waals surface area contributed by atoms with Crippen molar-refractivity contribution in [2.45, 2.75) is 6.92 Å². The summed E-state index contributed by atoms with van der Waals surface area (Å²) in [7, 11) is 4.07. The van der Waals surface area contributed by atoms with Gasteiger partial charge in [-0.05, 0) is 49.4 Å². The Morgan fingerprint density at radius 1 is 1.05 bits per heavy atom. The van der Waals surface area contributed by atoms with E-state index >= 15 is 0 Å². The highest BCUT2D eigenvalue weighted by molar-refractivity contribution is 5.81. The first kappa shape index (κ1) is 12.5. The fourth-order valence-electron chi connectivity index (χ4n) is 2.44. The molecule has 0 aliphatic heterocycles. The van der Waals surface area contributed by atoms with Crippen molar-refractivity contribution in [3.8, 4) is 5.69 Å². The average Bonchev–Trinajstić information content (AvgIpc) is 2.73. The molecule has 1 heterocycles. The molecule has 0 amide bonds. The van der Waals surface area contributed by atoms with Gasteiger partial charge in [0.2, 0.25) is 0 Å². The lowest BCUT2D eigenvalue weighted by Gasteiger charge is -2.13. The molecule has 0 aliphatic carbocycles. The molecule has 3 rings (SSSR count). The normalized spacial score (nSPS) is 10.9. The van der Waals surface area contributed by atoms with Crippen molar-refractivity contribution in [1.29, 1.82) is 0 Å². The van der Waals surface area contributed by atoms with Gasteiger partial charge in [-0.25, -0.2) is 4.98 Å². The van der Waals surface area contributed by atoms with E-state index in [0.717, 1.165) is 28.2 Å². The minimum Gasteiger partial charge on any atom is -0.399 e. The maximum Gasteiger partial charge on any atom is 0.111 e. The van der Waals surface area contributed by atoms with E-state index in [1.165, 1.54) is 5.69 Å². The van der Waals surface area contributed by atoms with Crippen molar-refractivity contribution in [1.82, 2.24) is 9.55 Å². The molecule has 20 heavy (non-hydrogen) atoms. The van der Waals surface area contributed by atoms with Crippen LogP contribution in [0, 0.1) is 6.92 Å². The van der Waals surface area contributed by atoms with Crippen LogP contribution in [0.5, 0.6) is 0 Å². The molecule has 0 fully saturated rings. The molecule has 0 saturated heterocycles. The molecule has 4 nitrogen and oxygen atoms in total. The minimum atomic E-state index is 0.741. The summed E-state index contributed by atoms with van der Waals surface area (Å²) >= 11 is 0. The number of anilines is 2. The van der Waals surface area contributed by atoms with Gasteiger partial charge in [0, 0.05) is 31.2 Å². The lowest BCUT2D eigenvalue weighted by atomic mass is 10.2. The fraction of sp³-hybridized carbons (Fsp3) is 0.188. The number of hydrogen-bond acceptors (Lipinski definition) is 3. The van der Waals surface area contributed by atoms with Gasteiger partial charge in [0.05, 0.1) is 11.0 Å². The summed E-state index contributed by atoms with van der Waals surface area (Å²) < 4.78 is 2.15. The summed E-state index contributed by atoms with van der Waals surface area (Å²) in [5, 5.41) is 0. The van der Waals surface area contributed by atoms with Crippen molar-refractivity contribution in [3.63, 3.8) is 0 Å². The lowest BCUT2D eigenvalue weighted by Crippen LogP contribution is -2.08. The first-order chi connectivity index (χ1) is 9.56. The number of fused-ring (bicyclic) bond motifs is 1. The highest BCUT2D eigenvalue weighted by Crippen LogP contribution is 2.24. The van der Waals surface area contributed by atoms with Gasteiger partial charge < -0.3 is 10.6 Å². The Kier molecular flexibility index (Phi) is 2.86. The van der Waals surface area contributed by atoms with Crippen molar-refractivity contribution in [3.05, 3.63) is 48.3 Å². The van der Waals surface area contributed by atoms with E-state index in [9.17, 15) is 0 Å². The van der Waals surface area contributed by atoms with E-state index in [2.05, 4.69) is 38.7 Å². The number of aromatic nitrogens is 2. The first-order valence-corrected chi connectivity index (χ1v) is 6.58. The molecule has 1 aromatic heterocycles. The Labute approximate surface area is 118 Å². The number of aryl methyl sites for hydroxylation is 1. The zero-order chi connectivity index (χ0) is 14.3. The van der Waals surface area contributed by atoms with Gasteiger partial charge in [-0.2, -0.15) is 0 Å². The first-order valence-electron chi connectivity index (χ1n) is 6.58. The Hall–Kier alpha value is -2.49. The molecule has 0 aliphatic rings. The molecule has 3 aromatic rings. The monoisotopic (exact) mass is 266 g/mol. The smallest absolute Gasteiger partial charge is 0.111 e. The Balaban J connectivity index is 2.16. The molecule has 0 saturated carbocycles. The van der Waals surface area contributed by atoms with Crippen LogP contribution in [0.15, 0.2) is 42.5 Å². The molecule has 102 valence electrons. The Morgan fingerprint density at radius 3 is 2.40 bits per heavy atom. The number of nitrogens with zero attached hydrogens (tertiary/aromatic N) is 3. The van der Waals surface area contributed by atoms with E-state index in [4.69, 9.17) is 5.73 Å². The standard InChI is InChI=1S/C16H18N4/c1-11-18-15-10-12(17)4-9-16(15)20(11)14-7-5-13(6-8-14)19(2)3/h4-10H,17H2,1-3H3. The Bertz CT molecular complexity index is 754. The van der Waals surface area contributed by atoms with Crippen molar-refractivity contribution < 1.29 is 0 Å². The van der Waals surface area contributed by atoms with Crippen molar-refractivity contribution in [2.24, 2.45) is 0 Å². The molecule has 2 N–H and O–H groups in total. The third-order valence-electron chi connectivity index (χ3n) is 3.47. The van der Waals surface area contributed by atoms with E-state index in [-0.39, 0.29) is 0 Å². The van der Waals surface area contributed by atoms with Crippen molar-refractivity contribution in [2.75, 3.05) is 24.7 Å². The van der Waals surface area contributed by atoms with Crippen LogP contribution in [0.4, 0.5) is 11.4 Å². The van der Waals surface area contributed by atoms with Gasteiger partial charge in [-0.1, -0.05) is 0 Å². The van der Waals surface area contributed by atoms with Crippen molar-refractivity contribution >= 4 is 22.4 Å². The summed E-state index contributed by atoms with van der Waals surface area (Å²) in [6, 6.07) is 14.3. The number of nitrogens with two attached hydrogens (primary N) is 1. The molecule has 2 aromatic carbocycles. The lowest BCUT2D eigenvalue weighted by molar-refractivity contribution is 0.999. The predicted octanol–water partition coefficient (Wildman–Crippen LogP) is 2.98. The van der Waals surface area contributed by atoms with Crippen LogP contribution in [-0.2, 0) is 0 Å². The predicted molar refractivity (Wildman–Crippen MR) is 84.5 cm³/mol. The number of rotatable bonds is 2. The highest BCUT2D eigenvalue weighted by atomic mass is 15.1. The Morgan fingerprint density at radius 2 is 1.75 bits per heavy atom. The second-order valence-electron chi connectivity index (χ2n) is 5.15. The maximum atomic E-state index is 5.82. The molecule has 0 radical (unpaired) electrons. The van der Waals surface area contributed by atoms with Gasteiger partial charge >= 0.3 is 0 Å². The summed E-state index contributed by atoms with van der Waals surface area (Å²) in [6.07, 6.45) is 0. The minimum absolute atomic E-state index is 0.741. The van der Waals surface area contributed by atoms with Crippen LogP contribution < -0.4 is 10.6 Å². The SMILES string of the molecule is Cc1nc2cc(N)ccc2n1-c1ccc(N(C)C)cc1. The number of nitrogen functional groups attached to an aromatic ring is 1. The van der Waals surface area contributed by atoms with Crippen LogP contribution in [0.1, 0.15) is 5.82 Å². The third-order valence-corrected chi connectivity index (χ3v) is 3.47. The molecule has 0 atom stereocenters. The van der Waals surface area contributed by atoms with Gasteiger partial charge in [0.15, 0.2) is 0 Å². The largest absolute Gasteiger partial charge is 0.399 e. The zero-order valence-corrected chi connectivity index (χ0v) is 12.0. The molecular formula is C16H18N4. The van der Waals surface area contributed by atoms with Gasteiger partial charge in [-0.15, -0.1) is 0 Å². The van der Waals surface area contributed by atoms with Gasteiger partial charge in [-0.3, -0.25) is 4.57 Å². The van der Waals surface area contributed by atoms with Crippen LogP contribution in [0.3, 0.4) is 0 Å². The second-order valence-corrected chi connectivity index (χ2v) is 5.15. The summed E-state index contributed by atoms with van der Waals surface area (Å²) in [5.74, 6) is 0.961. The summed E-state index contributed by atoms with van der Waals surface area (Å²) in [5.41, 5.74) is 10.9. The molecule has 0 bridgehead atoms. The van der Waals surface area contributed by atoms with Crippen LogP contribution in [0.2, 0.25) is 0 Å². The van der Waals surface area contributed by atoms with Crippen LogP contribution in [-0.4, -0.2) is 23.6 Å². The number of benzene rings is 2. The molecule has 0 unspecified atom stereocenters. The van der Waals surface area contributed by atoms with Crippen LogP contribution in [0.25, 0.3) is 16.7 Å². The van der Waals surface area contributed by atoms with E-state index in [1.54, 1.807) is 0 Å². The molecule has 4 heteroatoms. The fourth-order valence-corrected chi connectivity index (χ4v) is 2.44. The summed E-state index contributed by atoms with van der Waals surface area (Å²) in [6.45, 7) is 2.01. The third kappa shape index (κ3) is 1.99. The topological polar surface area (TPSA) is 47.1 Å². The highest BCUT2D eigenvalue weighted by Gasteiger charge is 2.09. The zero-order valence-electron chi connectivity index (χ0n) is 12.0. The van der Waals surface area contributed by atoms with E-state index in [1.807, 2.05) is 39.2 Å². The number of hydrogen-bond donors (Lipinski definition) is 1. The second kappa shape index (κ2) is 4.56. The quantitative estimate of drug-likeness (QED) is 0.725. The maximum absolute atomic E-state index is 5.82. The van der Waals surface area contributed by atoms with E-state index < -0.39 is 0 Å². The van der Waals surface area contributed by atoms with Gasteiger partial charge in [0.25, 0.3) is 0 Å². The van der Waals surface area contributed by atoms with Crippen LogP contribution >= 0.6 is 0 Å². The van der Waals surface area contributed by atoms with Gasteiger partial charge in [0.1, 0.15) is 5.82 Å². The average molecular weight is 266 g/mol. The summed E-state index contributed by atoms with van der Waals surface area (Å²) in [4.78, 5) is 6.67. The number of imidazole rings is 1. The van der Waals surface area contributed by atoms with E-state index in [0.29, 0.717) is 0 Å². The molecule has 0 spiro atoms. The molecular weight excluding hydrogens is 248 g/mol.